The Bertz CT molecular complexity index is 886. The van der Waals surface area contributed by atoms with Crippen LogP contribution in [0.2, 0.25) is 10.0 Å². The molecule has 0 radical (unpaired) electrons. The fourth-order valence-electron chi connectivity index (χ4n) is 2.91. The molecule has 0 spiro atoms. The number of para-hydroxylation sites is 1. The zero-order chi connectivity index (χ0) is 22.9. The molecule has 0 saturated carbocycles. The maximum Gasteiger partial charge on any atom is 0.357 e. The van der Waals surface area contributed by atoms with E-state index in [0.717, 1.165) is 35.8 Å². The molecule has 5 nitrogen and oxygen atoms in total. The van der Waals surface area contributed by atoms with Crippen LogP contribution in [0.4, 0.5) is 5.69 Å². The quantitative estimate of drug-likeness (QED) is 0.199. The van der Waals surface area contributed by atoms with Gasteiger partial charge < -0.3 is 19.1 Å². The lowest BCUT2D eigenvalue weighted by Gasteiger charge is -2.30. The van der Waals surface area contributed by atoms with Gasteiger partial charge in [-0.15, -0.1) is 0 Å². The summed E-state index contributed by atoms with van der Waals surface area (Å²) in [6.07, 6.45) is 3.33. The summed E-state index contributed by atoms with van der Waals surface area (Å²) in [7, 11) is -2.20. The van der Waals surface area contributed by atoms with Gasteiger partial charge in [-0.25, -0.2) is 0 Å². The van der Waals surface area contributed by atoms with Gasteiger partial charge in [-0.3, -0.25) is 4.57 Å². The third-order valence-corrected chi connectivity index (χ3v) is 7.87. The highest BCUT2D eigenvalue weighted by Gasteiger charge is 2.40. The molecule has 1 atom stereocenters. The fourth-order valence-corrected chi connectivity index (χ4v) is 5.87. The smallest absolute Gasteiger partial charge is 0.357 e. The van der Waals surface area contributed by atoms with Crippen LogP contribution >= 0.6 is 46.7 Å². The van der Waals surface area contributed by atoms with Gasteiger partial charge in [0, 0.05) is 20.7 Å². The average molecular weight is 553 g/mol. The summed E-state index contributed by atoms with van der Waals surface area (Å²) in [6.45, 7) is 4.71. The SMILES string of the molecule is CCCCOP(=O)(OCCCC)[C@H](Nc1ccccc1Br)c1cc(Cl)cc(Cl)c1OC. The molecule has 0 fully saturated rings. The number of unbranched alkanes of at least 4 members (excludes halogenated alkanes) is 2. The van der Waals surface area contributed by atoms with Gasteiger partial charge in [0.1, 0.15) is 5.75 Å². The van der Waals surface area contributed by atoms with Gasteiger partial charge in [0.2, 0.25) is 0 Å². The molecule has 2 aromatic rings. The van der Waals surface area contributed by atoms with Gasteiger partial charge >= 0.3 is 7.60 Å². The first-order valence-electron chi connectivity index (χ1n) is 10.3. The topological polar surface area (TPSA) is 56.8 Å². The Morgan fingerprint density at radius 2 is 1.68 bits per heavy atom. The molecule has 9 heteroatoms. The summed E-state index contributed by atoms with van der Waals surface area (Å²) in [4.78, 5) is 0. The second-order valence-corrected chi connectivity index (χ2v) is 10.8. The van der Waals surface area contributed by atoms with Crippen molar-refractivity contribution in [3.63, 3.8) is 0 Å². The lowest BCUT2D eigenvalue weighted by Crippen LogP contribution is -2.17. The Labute approximate surface area is 203 Å². The van der Waals surface area contributed by atoms with E-state index in [1.807, 2.05) is 38.1 Å². The molecule has 0 unspecified atom stereocenters. The van der Waals surface area contributed by atoms with Crippen LogP contribution in [0.15, 0.2) is 40.9 Å². The van der Waals surface area contributed by atoms with E-state index in [1.54, 1.807) is 12.1 Å². The van der Waals surface area contributed by atoms with Gasteiger partial charge in [0.15, 0.2) is 5.78 Å². The molecule has 0 aliphatic rings. The van der Waals surface area contributed by atoms with Crippen molar-refractivity contribution < 1.29 is 18.3 Å². The van der Waals surface area contributed by atoms with Crippen molar-refractivity contribution in [2.24, 2.45) is 0 Å². The number of rotatable bonds is 13. The second-order valence-electron chi connectivity index (χ2n) is 6.95. The van der Waals surface area contributed by atoms with E-state index in [2.05, 4.69) is 21.2 Å². The molecule has 0 saturated heterocycles. The van der Waals surface area contributed by atoms with Crippen molar-refractivity contribution in [1.29, 1.82) is 0 Å². The van der Waals surface area contributed by atoms with Crippen LogP contribution in [0.5, 0.6) is 5.75 Å². The van der Waals surface area contributed by atoms with Crippen LogP contribution in [-0.4, -0.2) is 20.3 Å². The molecule has 1 N–H and O–H groups in total. The van der Waals surface area contributed by atoms with E-state index in [0.29, 0.717) is 34.6 Å². The average Bonchev–Trinajstić information content (AvgIpc) is 2.73. The largest absolute Gasteiger partial charge is 0.495 e. The molecule has 0 bridgehead atoms. The first-order valence-corrected chi connectivity index (χ1v) is 13.4. The van der Waals surface area contributed by atoms with Crippen molar-refractivity contribution in [2.45, 2.75) is 45.3 Å². The highest BCUT2D eigenvalue weighted by molar-refractivity contribution is 9.10. The molecule has 172 valence electrons. The number of methoxy groups -OCH3 is 1. The third kappa shape index (κ3) is 7.38. The highest BCUT2D eigenvalue weighted by Crippen LogP contribution is 2.63. The fraction of sp³-hybridized carbons (Fsp3) is 0.455. The summed E-state index contributed by atoms with van der Waals surface area (Å²) in [5.41, 5.74) is 1.23. The van der Waals surface area contributed by atoms with Crippen LogP contribution in [-0.2, 0) is 13.6 Å². The Kier molecular flexibility index (Phi) is 11.2. The molecule has 0 aliphatic heterocycles. The minimum Gasteiger partial charge on any atom is -0.495 e. The van der Waals surface area contributed by atoms with Gasteiger partial charge in [-0.2, -0.15) is 0 Å². The second kappa shape index (κ2) is 13.1. The standard InChI is InChI=1S/C22H29BrCl2NO4P/c1-4-6-12-29-31(27,30-13-7-5-2)22(26-20-11-9-8-10-18(20)23)17-14-16(24)15-19(25)21(17)28-3/h8-11,14-15,22,26H,4-7,12-13H2,1-3H3/t22-/m0/s1. The van der Waals surface area contributed by atoms with Gasteiger partial charge in [0.05, 0.1) is 25.3 Å². The number of hydrogen-bond donors (Lipinski definition) is 1. The summed E-state index contributed by atoms with van der Waals surface area (Å²) in [5.74, 6) is -0.514. The van der Waals surface area contributed by atoms with E-state index >= 15 is 0 Å². The lowest BCUT2D eigenvalue weighted by atomic mass is 10.2. The van der Waals surface area contributed by atoms with Crippen molar-refractivity contribution in [3.05, 3.63) is 56.5 Å². The minimum atomic E-state index is -3.71. The molecule has 2 rings (SSSR count). The molecule has 2 aromatic carbocycles. The lowest BCUT2D eigenvalue weighted by molar-refractivity contribution is 0.194. The highest BCUT2D eigenvalue weighted by atomic mass is 79.9. The zero-order valence-electron chi connectivity index (χ0n) is 18.0. The van der Waals surface area contributed by atoms with E-state index < -0.39 is 13.4 Å². The first-order chi connectivity index (χ1) is 14.9. The molecular weight excluding hydrogens is 524 g/mol. The number of nitrogens with one attached hydrogen (secondary N) is 1. The van der Waals surface area contributed by atoms with Gasteiger partial charge in [-0.1, -0.05) is 62.0 Å². The minimum absolute atomic E-state index is 0.310. The van der Waals surface area contributed by atoms with Crippen molar-refractivity contribution in [2.75, 3.05) is 25.6 Å². The monoisotopic (exact) mass is 551 g/mol. The van der Waals surface area contributed by atoms with E-state index in [-0.39, 0.29) is 0 Å². The van der Waals surface area contributed by atoms with Crippen molar-refractivity contribution in [3.8, 4) is 5.75 Å². The van der Waals surface area contributed by atoms with Crippen LogP contribution in [0.1, 0.15) is 50.9 Å². The number of benzene rings is 2. The van der Waals surface area contributed by atoms with E-state index in [9.17, 15) is 4.57 Å². The maximum absolute atomic E-state index is 14.2. The predicted octanol–water partition coefficient (Wildman–Crippen LogP) is 8.70. The molecule has 31 heavy (non-hydrogen) atoms. The van der Waals surface area contributed by atoms with Crippen LogP contribution in [0.25, 0.3) is 0 Å². The van der Waals surface area contributed by atoms with Crippen LogP contribution < -0.4 is 10.1 Å². The Hall–Kier alpha value is -0.750. The molecular formula is C22H29BrCl2NO4P. The Morgan fingerprint density at radius 3 is 2.23 bits per heavy atom. The summed E-state index contributed by atoms with van der Waals surface area (Å²) in [5, 5.41) is 4.04. The number of hydrogen-bond acceptors (Lipinski definition) is 5. The molecule has 0 heterocycles. The number of ether oxygens (including phenoxy) is 1. The third-order valence-electron chi connectivity index (χ3n) is 4.56. The molecule has 0 aliphatic carbocycles. The van der Waals surface area contributed by atoms with Gasteiger partial charge in [-0.05, 0) is 53.0 Å². The number of halogens is 3. The normalized spacial score (nSPS) is 12.6. The Morgan fingerprint density at radius 1 is 1.06 bits per heavy atom. The van der Waals surface area contributed by atoms with Crippen LogP contribution in [0, 0.1) is 0 Å². The first kappa shape index (κ1) is 26.5. The molecule has 0 amide bonds. The van der Waals surface area contributed by atoms with E-state index in [1.165, 1.54) is 7.11 Å². The zero-order valence-corrected chi connectivity index (χ0v) is 22.0. The van der Waals surface area contributed by atoms with Gasteiger partial charge in [0.25, 0.3) is 0 Å². The maximum atomic E-state index is 14.2. The number of anilines is 1. The summed E-state index contributed by atoms with van der Waals surface area (Å²) < 4.78 is 32.4. The van der Waals surface area contributed by atoms with Crippen molar-refractivity contribution in [1.82, 2.24) is 0 Å². The van der Waals surface area contributed by atoms with Crippen LogP contribution in [0.3, 0.4) is 0 Å². The summed E-state index contributed by atoms with van der Waals surface area (Å²) in [6, 6.07) is 10.8. The van der Waals surface area contributed by atoms with Crippen molar-refractivity contribution >= 4 is 52.4 Å². The molecule has 0 aromatic heterocycles. The predicted molar refractivity (Wildman–Crippen MR) is 133 cm³/mol. The summed E-state index contributed by atoms with van der Waals surface area (Å²) >= 11 is 16.3. The Balaban J connectivity index is 2.60. The van der Waals surface area contributed by atoms with E-state index in [4.69, 9.17) is 37.0 Å².